The Labute approximate surface area is 68.9 Å². The second kappa shape index (κ2) is 3.10. The number of benzene rings is 1. The number of nitrogens with one attached hydrogen (secondary N) is 1. The third-order valence-corrected chi connectivity index (χ3v) is 1.42. The average molecular weight is 167 g/mol. The summed E-state index contributed by atoms with van der Waals surface area (Å²) >= 11 is 0. The van der Waals surface area contributed by atoms with Crippen LogP contribution in [0.2, 0.25) is 0 Å². The number of carbonyl (C=O) groups excluding carboxylic acids is 1. The van der Waals surface area contributed by atoms with Gasteiger partial charge in [0.05, 0.1) is 5.56 Å². The molecule has 0 bridgehead atoms. The van der Waals surface area contributed by atoms with E-state index in [2.05, 4.69) is 0 Å². The van der Waals surface area contributed by atoms with E-state index in [9.17, 15) is 4.79 Å². The van der Waals surface area contributed by atoms with Gasteiger partial charge in [-0.15, -0.1) is 0 Å². The van der Waals surface area contributed by atoms with Crippen LogP contribution >= 0.6 is 0 Å². The van der Waals surface area contributed by atoms with E-state index in [4.69, 9.17) is 16.7 Å². The molecule has 1 aromatic carbocycles. The number of anilines is 2. The molecule has 0 heterocycles. The van der Waals surface area contributed by atoms with Crippen molar-refractivity contribution in [2.45, 2.75) is 0 Å². The van der Waals surface area contributed by atoms with Crippen molar-refractivity contribution in [3.05, 3.63) is 23.8 Å². The number of hydrogen-bond acceptors (Lipinski definition) is 4. The maximum Gasteiger partial charge on any atom is 0.276 e. The predicted octanol–water partition coefficient (Wildman–Crippen LogP) is -0.0300. The summed E-state index contributed by atoms with van der Waals surface area (Å²) in [5.74, 6) is -0.667. The monoisotopic (exact) mass is 167 g/mol. The van der Waals surface area contributed by atoms with E-state index in [1.807, 2.05) is 0 Å². The first-order valence-electron chi connectivity index (χ1n) is 3.24. The van der Waals surface area contributed by atoms with Crippen LogP contribution in [-0.4, -0.2) is 11.1 Å². The molecule has 1 aromatic rings. The lowest BCUT2D eigenvalue weighted by Gasteiger charge is -2.03. The second-order valence-electron chi connectivity index (χ2n) is 2.29. The van der Waals surface area contributed by atoms with Gasteiger partial charge in [0.1, 0.15) is 0 Å². The molecule has 0 aromatic heterocycles. The molecule has 64 valence electrons. The highest BCUT2D eigenvalue weighted by Crippen LogP contribution is 2.14. The molecule has 6 N–H and O–H groups in total. The van der Waals surface area contributed by atoms with Crippen molar-refractivity contribution in [1.82, 2.24) is 5.48 Å². The summed E-state index contributed by atoms with van der Waals surface area (Å²) in [4.78, 5) is 10.9. The summed E-state index contributed by atoms with van der Waals surface area (Å²) in [6.07, 6.45) is 0. The van der Waals surface area contributed by atoms with E-state index in [1.54, 1.807) is 6.07 Å². The van der Waals surface area contributed by atoms with Crippen LogP contribution in [0.25, 0.3) is 0 Å². The van der Waals surface area contributed by atoms with Crippen molar-refractivity contribution in [3.63, 3.8) is 0 Å². The summed E-state index contributed by atoms with van der Waals surface area (Å²) in [6.45, 7) is 0. The highest BCUT2D eigenvalue weighted by atomic mass is 16.5. The van der Waals surface area contributed by atoms with Gasteiger partial charge in [0.15, 0.2) is 0 Å². The summed E-state index contributed by atoms with van der Waals surface area (Å²) in [7, 11) is 0. The zero-order valence-electron chi connectivity index (χ0n) is 6.24. The van der Waals surface area contributed by atoms with Gasteiger partial charge in [0.2, 0.25) is 0 Å². The molecule has 0 spiro atoms. The average Bonchev–Trinajstić information content (AvgIpc) is 2.08. The van der Waals surface area contributed by atoms with Crippen LogP contribution in [-0.2, 0) is 0 Å². The van der Waals surface area contributed by atoms with Crippen molar-refractivity contribution in [2.75, 3.05) is 11.5 Å². The van der Waals surface area contributed by atoms with Crippen molar-refractivity contribution < 1.29 is 10.0 Å². The lowest BCUT2D eigenvalue weighted by molar-refractivity contribution is 0.0707. The zero-order chi connectivity index (χ0) is 9.14. The van der Waals surface area contributed by atoms with Crippen molar-refractivity contribution >= 4 is 17.3 Å². The van der Waals surface area contributed by atoms with Gasteiger partial charge in [-0.1, -0.05) is 0 Å². The second-order valence-corrected chi connectivity index (χ2v) is 2.29. The molecule has 0 saturated heterocycles. The fourth-order valence-electron chi connectivity index (χ4n) is 0.831. The Morgan fingerprint density at radius 2 is 2.08 bits per heavy atom. The first-order valence-corrected chi connectivity index (χ1v) is 3.24. The molecular formula is C7H9N3O2. The number of hydroxylamine groups is 1. The molecule has 0 fully saturated rings. The molecule has 5 heteroatoms. The van der Waals surface area contributed by atoms with Gasteiger partial charge in [-0.25, -0.2) is 5.48 Å². The lowest BCUT2D eigenvalue weighted by Crippen LogP contribution is -2.20. The third-order valence-electron chi connectivity index (χ3n) is 1.42. The standard InChI is InChI=1S/C7H9N3O2/c8-4-1-2-6(9)5(3-4)7(11)10-12/h1-3,12H,8-9H2,(H,10,11). The van der Waals surface area contributed by atoms with E-state index in [0.29, 0.717) is 5.69 Å². The normalized spacial score (nSPS) is 9.42. The molecule has 0 aliphatic rings. The number of nitrogen functional groups attached to an aromatic ring is 2. The number of hydrogen-bond donors (Lipinski definition) is 4. The Morgan fingerprint density at radius 3 is 2.67 bits per heavy atom. The predicted molar refractivity (Wildman–Crippen MR) is 44.5 cm³/mol. The van der Waals surface area contributed by atoms with Crippen molar-refractivity contribution in [3.8, 4) is 0 Å². The van der Waals surface area contributed by atoms with E-state index in [1.165, 1.54) is 17.6 Å². The molecule has 1 amide bonds. The number of amides is 1. The molecule has 0 aliphatic carbocycles. The SMILES string of the molecule is Nc1ccc(N)c(C(=O)NO)c1. The maximum absolute atomic E-state index is 10.9. The quantitative estimate of drug-likeness (QED) is 0.268. The van der Waals surface area contributed by atoms with Gasteiger partial charge in [-0.2, -0.15) is 0 Å². The van der Waals surface area contributed by atoms with Crippen molar-refractivity contribution in [2.24, 2.45) is 0 Å². The molecule has 5 nitrogen and oxygen atoms in total. The number of rotatable bonds is 1. The zero-order valence-corrected chi connectivity index (χ0v) is 6.24. The minimum Gasteiger partial charge on any atom is -0.399 e. The molecule has 0 unspecified atom stereocenters. The lowest BCUT2D eigenvalue weighted by atomic mass is 10.1. The Hall–Kier alpha value is -1.75. The van der Waals surface area contributed by atoms with Gasteiger partial charge >= 0.3 is 0 Å². The highest BCUT2D eigenvalue weighted by Gasteiger charge is 2.07. The summed E-state index contributed by atoms with van der Waals surface area (Å²) in [6, 6.07) is 4.46. The number of carbonyl (C=O) groups is 1. The Morgan fingerprint density at radius 1 is 1.42 bits per heavy atom. The van der Waals surface area contributed by atoms with E-state index >= 15 is 0 Å². The molecule has 0 aliphatic heterocycles. The smallest absolute Gasteiger partial charge is 0.276 e. The van der Waals surface area contributed by atoms with Gasteiger partial charge in [-0.05, 0) is 18.2 Å². The fraction of sp³-hybridized carbons (Fsp3) is 0. The Balaban J connectivity index is 3.13. The summed E-state index contributed by atoms with van der Waals surface area (Å²) in [5.41, 5.74) is 13.2. The summed E-state index contributed by atoms with van der Waals surface area (Å²) < 4.78 is 0. The molecule has 0 radical (unpaired) electrons. The van der Waals surface area contributed by atoms with Crippen molar-refractivity contribution in [1.29, 1.82) is 0 Å². The Bertz CT molecular complexity index is 312. The van der Waals surface area contributed by atoms with Crippen LogP contribution in [0.15, 0.2) is 18.2 Å². The van der Waals surface area contributed by atoms with Crippen LogP contribution in [0.4, 0.5) is 11.4 Å². The third kappa shape index (κ3) is 1.46. The molecule has 0 atom stereocenters. The molecule has 0 saturated carbocycles. The number of nitrogens with two attached hydrogens (primary N) is 2. The van der Waals surface area contributed by atoms with E-state index in [-0.39, 0.29) is 11.3 Å². The van der Waals surface area contributed by atoms with Gasteiger partial charge < -0.3 is 11.5 Å². The van der Waals surface area contributed by atoms with E-state index < -0.39 is 5.91 Å². The van der Waals surface area contributed by atoms with Crippen LogP contribution in [0.5, 0.6) is 0 Å². The van der Waals surface area contributed by atoms with Gasteiger partial charge in [0.25, 0.3) is 5.91 Å². The van der Waals surface area contributed by atoms with E-state index in [0.717, 1.165) is 0 Å². The van der Waals surface area contributed by atoms with Gasteiger partial charge in [-0.3, -0.25) is 10.0 Å². The Kier molecular flexibility index (Phi) is 2.16. The van der Waals surface area contributed by atoms with Crippen LogP contribution in [0.3, 0.4) is 0 Å². The van der Waals surface area contributed by atoms with Crippen LogP contribution in [0, 0.1) is 0 Å². The maximum atomic E-state index is 10.9. The highest BCUT2D eigenvalue weighted by molar-refractivity contribution is 5.99. The van der Waals surface area contributed by atoms with Crippen LogP contribution < -0.4 is 16.9 Å². The molecular weight excluding hydrogens is 158 g/mol. The molecule has 1 rings (SSSR count). The van der Waals surface area contributed by atoms with Crippen LogP contribution in [0.1, 0.15) is 10.4 Å². The minimum absolute atomic E-state index is 0.164. The minimum atomic E-state index is -0.667. The molecule has 12 heavy (non-hydrogen) atoms. The topological polar surface area (TPSA) is 101 Å². The largest absolute Gasteiger partial charge is 0.399 e. The first-order chi connectivity index (χ1) is 5.65. The summed E-state index contributed by atoms with van der Waals surface area (Å²) in [5, 5.41) is 8.31. The first kappa shape index (κ1) is 8.35. The van der Waals surface area contributed by atoms with Gasteiger partial charge in [0, 0.05) is 11.4 Å². The fourth-order valence-corrected chi connectivity index (χ4v) is 0.831.